The molecule has 1 heterocycles. The summed E-state index contributed by atoms with van der Waals surface area (Å²) >= 11 is 0. The molecule has 1 aromatic carbocycles. The predicted molar refractivity (Wildman–Crippen MR) is 78.2 cm³/mol. The summed E-state index contributed by atoms with van der Waals surface area (Å²) in [5, 5.41) is 0. The molecule has 0 bridgehead atoms. The molecular weight excluding hydrogens is 260 g/mol. The Labute approximate surface area is 114 Å². The molecule has 0 amide bonds. The normalized spacial score (nSPS) is 12.2. The van der Waals surface area contributed by atoms with Crippen molar-refractivity contribution in [3.63, 3.8) is 0 Å². The van der Waals surface area contributed by atoms with Gasteiger partial charge >= 0.3 is 0 Å². The molecule has 0 aliphatic rings. The Morgan fingerprint density at radius 3 is 2.68 bits per heavy atom. The summed E-state index contributed by atoms with van der Waals surface area (Å²) < 4.78 is 24.5. The lowest BCUT2D eigenvalue weighted by molar-refractivity contribution is 0.590. The predicted octanol–water partition coefficient (Wildman–Crippen LogP) is 2.34. The Bertz CT molecular complexity index is 687. The maximum atomic E-state index is 11.2. The van der Waals surface area contributed by atoms with Crippen LogP contribution in [-0.2, 0) is 22.8 Å². The summed E-state index contributed by atoms with van der Waals surface area (Å²) in [6, 6.07) is 6.20. The van der Waals surface area contributed by atoms with Crippen LogP contribution in [0.15, 0.2) is 18.2 Å². The number of rotatable bonds is 5. The monoisotopic (exact) mass is 280 g/mol. The fourth-order valence-corrected chi connectivity index (χ4v) is 2.95. The van der Waals surface area contributed by atoms with Crippen molar-refractivity contribution in [1.82, 2.24) is 9.55 Å². The molecule has 4 nitrogen and oxygen atoms in total. The Kier molecular flexibility index (Phi) is 3.94. The zero-order chi connectivity index (χ0) is 14.0. The minimum absolute atomic E-state index is 0.224. The van der Waals surface area contributed by atoms with Crippen molar-refractivity contribution in [2.75, 3.05) is 12.0 Å². The molecule has 0 aliphatic carbocycles. The van der Waals surface area contributed by atoms with E-state index in [0.29, 0.717) is 13.0 Å². The second-order valence-corrected chi connectivity index (χ2v) is 7.27. The average molecular weight is 280 g/mol. The first-order chi connectivity index (χ1) is 8.90. The van der Waals surface area contributed by atoms with E-state index >= 15 is 0 Å². The van der Waals surface area contributed by atoms with Crippen molar-refractivity contribution >= 4 is 20.9 Å². The number of fused-ring (bicyclic) bond motifs is 1. The van der Waals surface area contributed by atoms with Gasteiger partial charge in [-0.3, -0.25) is 0 Å². The number of hydrogen-bond acceptors (Lipinski definition) is 3. The molecule has 0 radical (unpaired) electrons. The van der Waals surface area contributed by atoms with Crippen LogP contribution < -0.4 is 0 Å². The molecule has 0 unspecified atom stereocenters. The van der Waals surface area contributed by atoms with Gasteiger partial charge in [-0.2, -0.15) is 0 Å². The number of aromatic nitrogens is 2. The molecule has 0 saturated heterocycles. The van der Waals surface area contributed by atoms with Gasteiger partial charge in [0.1, 0.15) is 15.7 Å². The first kappa shape index (κ1) is 14.1. The van der Waals surface area contributed by atoms with Crippen molar-refractivity contribution in [2.24, 2.45) is 0 Å². The van der Waals surface area contributed by atoms with E-state index in [1.807, 2.05) is 6.92 Å². The highest BCUT2D eigenvalue weighted by molar-refractivity contribution is 7.90. The highest BCUT2D eigenvalue weighted by Crippen LogP contribution is 2.18. The first-order valence-electron chi connectivity index (χ1n) is 6.54. The zero-order valence-electron chi connectivity index (χ0n) is 11.7. The summed E-state index contributed by atoms with van der Waals surface area (Å²) in [6.45, 7) is 4.82. The molecule has 2 rings (SSSR count). The molecule has 0 aliphatic heterocycles. The van der Waals surface area contributed by atoms with Crippen LogP contribution in [0.3, 0.4) is 0 Å². The smallest absolute Gasteiger partial charge is 0.147 e. The minimum Gasteiger partial charge on any atom is -0.328 e. The lowest BCUT2D eigenvalue weighted by Gasteiger charge is -2.07. The van der Waals surface area contributed by atoms with Gasteiger partial charge in [-0.25, -0.2) is 13.4 Å². The third-order valence-corrected chi connectivity index (χ3v) is 4.23. The molecule has 2 aromatic rings. The third kappa shape index (κ3) is 3.35. The number of nitrogens with zero attached hydrogens (tertiary/aromatic N) is 2. The Hall–Kier alpha value is -1.36. The zero-order valence-corrected chi connectivity index (χ0v) is 12.5. The van der Waals surface area contributed by atoms with Gasteiger partial charge < -0.3 is 4.57 Å². The van der Waals surface area contributed by atoms with Crippen LogP contribution in [-0.4, -0.2) is 30.0 Å². The van der Waals surface area contributed by atoms with Crippen molar-refractivity contribution in [3.8, 4) is 0 Å². The van der Waals surface area contributed by atoms with Gasteiger partial charge in [-0.15, -0.1) is 0 Å². The van der Waals surface area contributed by atoms with Gasteiger partial charge in [0.25, 0.3) is 0 Å². The molecular formula is C14H20N2O2S. The molecule has 0 spiro atoms. The topological polar surface area (TPSA) is 52.0 Å². The number of imidazole rings is 1. The standard InChI is InChI=1S/C14H20N2O2S/c1-4-14-15-12-10-11(2)6-7-13(12)16(14)8-5-9-19(3,17)18/h6-7,10H,4-5,8-9H2,1-3H3. The van der Waals surface area contributed by atoms with E-state index in [-0.39, 0.29) is 5.75 Å². The fourth-order valence-electron chi connectivity index (χ4n) is 2.29. The summed E-state index contributed by atoms with van der Waals surface area (Å²) in [6.07, 6.45) is 2.76. The quantitative estimate of drug-likeness (QED) is 0.844. The Morgan fingerprint density at radius 2 is 2.05 bits per heavy atom. The van der Waals surface area contributed by atoms with Crippen LogP contribution in [0.5, 0.6) is 0 Å². The van der Waals surface area contributed by atoms with Gasteiger partial charge in [0, 0.05) is 19.2 Å². The molecule has 5 heteroatoms. The van der Waals surface area contributed by atoms with Gasteiger partial charge in [0.15, 0.2) is 0 Å². The van der Waals surface area contributed by atoms with Gasteiger partial charge in [0.05, 0.1) is 16.8 Å². The van der Waals surface area contributed by atoms with Gasteiger partial charge in [-0.1, -0.05) is 13.0 Å². The molecule has 0 N–H and O–H groups in total. The van der Waals surface area contributed by atoms with Crippen molar-refractivity contribution in [2.45, 2.75) is 33.2 Å². The summed E-state index contributed by atoms with van der Waals surface area (Å²) in [7, 11) is -2.89. The second-order valence-electron chi connectivity index (χ2n) is 5.01. The van der Waals surface area contributed by atoms with Crippen molar-refractivity contribution in [3.05, 3.63) is 29.6 Å². The minimum atomic E-state index is -2.89. The summed E-state index contributed by atoms with van der Waals surface area (Å²) in [5.74, 6) is 1.25. The van der Waals surface area contributed by atoms with Gasteiger partial charge in [0.2, 0.25) is 0 Å². The highest BCUT2D eigenvalue weighted by atomic mass is 32.2. The maximum absolute atomic E-state index is 11.2. The number of aryl methyl sites for hydroxylation is 3. The molecule has 19 heavy (non-hydrogen) atoms. The highest BCUT2D eigenvalue weighted by Gasteiger charge is 2.10. The van der Waals surface area contributed by atoms with E-state index < -0.39 is 9.84 Å². The van der Waals surface area contributed by atoms with Crippen LogP contribution >= 0.6 is 0 Å². The van der Waals surface area contributed by atoms with E-state index in [2.05, 4.69) is 34.7 Å². The van der Waals surface area contributed by atoms with Crippen LogP contribution in [0.25, 0.3) is 11.0 Å². The van der Waals surface area contributed by atoms with Crippen LogP contribution in [0.4, 0.5) is 0 Å². The number of hydrogen-bond donors (Lipinski definition) is 0. The Balaban J connectivity index is 2.30. The lowest BCUT2D eigenvalue weighted by Crippen LogP contribution is -2.09. The molecule has 104 valence electrons. The SMILES string of the molecule is CCc1nc2cc(C)ccc2n1CCCS(C)(=O)=O. The third-order valence-electron chi connectivity index (χ3n) is 3.20. The van der Waals surface area contributed by atoms with Crippen molar-refractivity contribution in [1.29, 1.82) is 0 Å². The molecule has 1 aromatic heterocycles. The number of benzene rings is 1. The molecule has 0 atom stereocenters. The molecule has 0 fully saturated rings. The largest absolute Gasteiger partial charge is 0.328 e. The van der Waals surface area contributed by atoms with Crippen LogP contribution in [0.2, 0.25) is 0 Å². The summed E-state index contributed by atoms with van der Waals surface area (Å²) in [5.41, 5.74) is 3.28. The van der Waals surface area contributed by atoms with Crippen LogP contribution in [0, 0.1) is 6.92 Å². The van der Waals surface area contributed by atoms with E-state index in [1.54, 1.807) is 0 Å². The first-order valence-corrected chi connectivity index (χ1v) is 8.60. The van der Waals surface area contributed by atoms with Crippen LogP contribution in [0.1, 0.15) is 24.7 Å². The fraction of sp³-hybridized carbons (Fsp3) is 0.500. The van der Waals surface area contributed by atoms with E-state index in [0.717, 1.165) is 23.3 Å². The Morgan fingerprint density at radius 1 is 1.32 bits per heavy atom. The summed E-state index contributed by atoms with van der Waals surface area (Å²) in [4.78, 5) is 4.62. The number of sulfone groups is 1. The van der Waals surface area contributed by atoms with E-state index in [9.17, 15) is 8.42 Å². The van der Waals surface area contributed by atoms with E-state index in [4.69, 9.17) is 0 Å². The second kappa shape index (κ2) is 5.33. The van der Waals surface area contributed by atoms with E-state index in [1.165, 1.54) is 11.8 Å². The maximum Gasteiger partial charge on any atom is 0.147 e. The molecule has 0 saturated carbocycles. The van der Waals surface area contributed by atoms with Crippen molar-refractivity contribution < 1.29 is 8.42 Å². The lowest BCUT2D eigenvalue weighted by atomic mass is 10.2. The van der Waals surface area contributed by atoms with Gasteiger partial charge in [-0.05, 0) is 31.0 Å². The average Bonchev–Trinajstić information content (AvgIpc) is 2.65.